The molecule has 0 saturated carbocycles. The van der Waals surface area contributed by atoms with Crippen molar-refractivity contribution in [2.75, 3.05) is 13.2 Å². The van der Waals surface area contributed by atoms with Gasteiger partial charge in [0.2, 0.25) is 5.91 Å². The molecular formula is C73H121NO8. The van der Waals surface area contributed by atoms with E-state index in [1.54, 1.807) is 0 Å². The summed E-state index contributed by atoms with van der Waals surface area (Å²) in [6.07, 6.45) is 86.0. The molecule has 1 amide bonds. The van der Waals surface area contributed by atoms with Crippen LogP contribution in [0.4, 0.5) is 0 Å². The largest absolute Gasteiger partial charge is 0.394 e. The second-order valence-electron chi connectivity index (χ2n) is 22.2. The fourth-order valence-electron chi connectivity index (χ4n) is 9.55. The number of unbranched alkanes of at least 4 members (excludes halogenated alkanes) is 21. The maximum Gasteiger partial charge on any atom is 0.220 e. The van der Waals surface area contributed by atoms with E-state index in [-0.39, 0.29) is 12.5 Å². The monoisotopic (exact) mass is 1140 g/mol. The van der Waals surface area contributed by atoms with Crippen LogP contribution >= 0.6 is 0 Å². The molecule has 0 radical (unpaired) electrons. The Morgan fingerprint density at radius 1 is 0.427 bits per heavy atom. The van der Waals surface area contributed by atoms with E-state index in [2.05, 4.69) is 165 Å². The van der Waals surface area contributed by atoms with Crippen molar-refractivity contribution < 1.29 is 39.8 Å². The van der Waals surface area contributed by atoms with Crippen molar-refractivity contribution in [1.82, 2.24) is 5.32 Å². The molecule has 9 heteroatoms. The zero-order valence-electron chi connectivity index (χ0n) is 51.9. The zero-order chi connectivity index (χ0) is 59.3. The molecule has 1 aliphatic rings. The van der Waals surface area contributed by atoms with Gasteiger partial charge in [-0.15, -0.1) is 0 Å². The van der Waals surface area contributed by atoms with Crippen LogP contribution < -0.4 is 5.32 Å². The number of rotatable bonds is 55. The number of hydrogen-bond donors (Lipinski definition) is 6. The van der Waals surface area contributed by atoms with Gasteiger partial charge in [-0.1, -0.05) is 288 Å². The van der Waals surface area contributed by atoms with Crippen LogP contribution in [0.15, 0.2) is 146 Å². The second-order valence-corrected chi connectivity index (χ2v) is 22.2. The van der Waals surface area contributed by atoms with E-state index in [0.717, 1.165) is 109 Å². The van der Waals surface area contributed by atoms with Crippen LogP contribution in [0.5, 0.6) is 0 Å². The first kappa shape index (κ1) is 76.1. The highest BCUT2D eigenvalue weighted by Gasteiger charge is 2.44. The molecule has 466 valence electrons. The number of nitrogens with one attached hydrogen (secondary N) is 1. The molecule has 0 aliphatic carbocycles. The van der Waals surface area contributed by atoms with Crippen LogP contribution in [0.25, 0.3) is 0 Å². The Hall–Kier alpha value is -3.93. The molecule has 1 heterocycles. The third kappa shape index (κ3) is 48.4. The van der Waals surface area contributed by atoms with Crippen molar-refractivity contribution in [2.24, 2.45) is 0 Å². The molecule has 82 heavy (non-hydrogen) atoms. The molecule has 7 unspecified atom stereocenters. The van der Waals surface area contributed by atoms with Crippen LogP contribution in [-0.4, -0.2) is 87.5 Å². The first-order valence-electron chi connectivity index (χ1n) is 33.0. The third-order valence-electron chi connectivity index (χ3n) is 14.7. The van der Waals surface area contributed by atoms with Crippen LogP contribution in [0, 0.1) is 0 Å². The topological polar surface area (TPSA) is 149 Å². The number of carbonyl (C=O) groups is 1. The Labute approximate surface area is 502 Å². The molecule has 0 aromatic carbocycles. The van der Waals surface area contributed by atoms with Gasteiger partial charge in [0, 0.05) is 6.42 Å². The Balaban J connectivity index is 2.21. The number of hydrogen-bond acceptors (Lipinski definition) is 8. The van der Waals surface area contributed by atoms with Crippen LogP contribution in [0.3, 0.4) is 0 Å². The van der Waals surface area contributed by atoms with Gasteiger partial charge in [-0.05, 0) is 103 Å². The van der Waals surface area contributed by atoms with E-state index in [4.69, 9.17) is 9.47 Å². The number of aliphatic hydroxyl groups is 5. The lowest BCUT2D eigenvalue weighted by Gasteiger charge is -2.40. The van der Waals surface area contributed by atoms with Gasteiger partial charge in [0.1, 0.15) is 24.4 Å². The maximum absolute atomic E-state index is 13.1. The average molecular weight is 1140 g/mol. The zero-order valence-corrected chi connectivity index (χ0v) is 51.9. The molecule has 9 nitrogen and oxygen atoms in total. The molecule has 1 saturated heterocycles. The van der Waals surface area contributed by atoms with Gasteiger partial charge < -0.3 is 40.3 Å². The van der Waals surface area contributed by atoms with Crippen molar-refractivity contribution in [2.45, 2.75) is 294 Å². The molecule has 1 fully saturated rings. The number of amides is 1. The average Bonchev–Trinajstić information content (AvgIpc) is 3.52. The number of carbonyl (C=O) groups excluding carboxylic acids is 1. The summed E-state index contributed by atoms with van der Waals surface area (Å²) in [6, 6.07) is -0.754. The Morgan fingerprint density at radius 2 is 0.756 bits per heavy atom. The van der Waals surface area contributed by atoms with Crippen LogP contribution in [0.2, 0.25) is 0 Å². The number of aliphatic hydroxyl groups excluding tert-OH is 5. The lowest BCUT2D eigenvalue weighted by atomic mass is 9.99. The molecule has 6 N–H and O–H groups in total. The lowest BCUT2D eigenvalue weighted by molar-refractivity contribution is -0.302. The minimum Gasteiger partial charge on any atom is -0.394 e. The fourth-order valence-corrected chi connectivity index (χ4v) is 9.55. The highest BCUT2D eigenvalue weighted by molar-refractivity contribution is 5.76. The van der Waals surface area contributed by atoms with Gasteiger partial charge in [-0.2, -0.15) is 0 Å². The predicted octanol–water partition coefficient (Wildman–Crippen LogP) is 17.8. The van der Waals surface area contributed by atoms with Gasteiger partial charge in [-0.3, -0.25) is 4.79 Å². The van der Waals surface area contributed by atoms with Crippen molar-refractivity contribution in [1.29, 1.82) is 0 Å². The van der Waals surface area contributed by atoms with E-state index in [1.807, 2.05) is 0 Å². The first-order valence-corrected chi connectivity index (χ1v) is 33.0. The fraction of sp³-hybridized carbons (Fsp3) is 0.658. The SMILES string of the molecule is CC/C=C\C/C=C\C/C=C\C/C=C\C/C=C\C/C=C\C/C=C\C/C=C\C/C=C\C/C=C\C/C=C\C/C=C\CCCCC(=O)NC(COC1OC(CO)C(O)C(O)C1O)C(O)CCCCCCCCCCCCCCCCCCCCCC. The summed E-state index contributed by atoms with van der Waals surface area (Å²) in [7, 11) is 0. The molecule has 0 aromatic heterocycles. The molecule has 7 atom stereocenters. The summed E-state index contributed by atoms with van der Waals surface area (Å²) in [5.41, 5.74) is 0. The quantitative estimate of drug-likeness (QED) is 0.0261. The molecule has 0 spiro atoms. The van der Waals surface area contributed by atoms with Gasteiger partial charge in [0.05, 0.1) is 25.4 Å². The van der Waals surface area contributed by atoms with Crippen molar-refractivity contribution in [3.05, 3.63) is 146 Å². The molecule has 1 rings (SSSR count). The number of ether oxygens (including phenoxy) is 2. The minimum absolute atomic E-state index is 0.164. The van der Waals surface area contributed by atoms with Gasteiger partial charge in [-0.25, -0.2) is 0 Å². The summed E-state index contributed by atoms with van der Waals surface area (Å²) in [5, 5.41) is 54.8. The molecule has 0 aromatic rings. The normalized spacial score (nSPS) is 19.3. The Morgan fingerprint density at radius 3 is 1.10 bits per heavy atom. The summed E-state index contributed by atoms with van der Waals surface area (Å²) >= 11 is 0. The highest BCUT2D eigenvalue weighted by atomic mass is 16.7. The Kier molecular flexibility index (Phi) is 55.9. The van der Waals surface area contributed by atoms with E-state index in [1.165, 1.54) is 109 Å². The van der Waals surface area contributed by atoms with Crippen molar-refractivity contribution in [3.63, 3.8) is 0 Å². The summed E-state index contributed by atoms with van der Waals surface area (Å²) in [6.45, 7) is 3.71. The smallest absolute Gasteiger partial charge is 0.220 e. The lowest BCUT2D eigenvalue weighted by Crippen LogP contribution is -2.60. The van der Waals surface area contributed by atoms with E-state index in [0.29, 0.717) is 19.3 Å². The molecular weight excluding hydrogens is 1020 g/mol. The molecule has 0 bridgehead atoms. The summed E-state index contributed by atoms with van der Waals surface area (Å²) < 4.78 is 11.3. The maximum atomic E-state index is 13.1. The van der Waals surface area contributed by atoms with Crippen LogP contribution in [0.1, 0.15) is 251 Å². The van der Waals surface area contributed by atoms with Crippen LogP contribution in [-0.2, 0) is 14.3 Å². The van der Waals surface area contributed by atoms with E-state index >= 15 is 0 Å². The standard InChI is InChI=1S/C73H121NO8/c1-3-5-7-9-11-13-15-17-19-21-23-25-26-27-28-29-30-31-32-33-34-35-36-37-38-39-40-41-42-43-45-47-49-51-53-55-57-59-61-63-69(77)74-66(65-81-73-72(80)71(79)70(78)68(64-75)82-73)67(76)62-60-58-56-54-52-50-48-46-44-24-22-20-18-16-14-12-10-8-6-4-2/h5,7,11,13,17,19,23,25,27-28,30-31,33-34,36-37,39-40,42-43,47,49,53,55,66-68,70-73,75-76,78-80H,3-4,6,8-10,12,14-16,18,20-22,24,26,29,32,35,38,41,44-46,48,50-52,54,56-65H2,1-2H3,(H,74,77)/b7-5-,13-11-,19-17-,25-23-,28-27-,31-30-,34-33-,37-36-,40-39-,43-42-,49-47-,55-53-. The van der Waals surface area contributed by atoms with E-state index in [9.17, 15) is 30.3 Å². The van der Waals surface area contributed by atoms with Crippen molar-refractivity contribution in [3.8, 4) is 0 Å². The molecule has 1 aliphatic heterocycles. The number of allylic oxidation sites excluding steroid dienone is 24. The van der Waals surface area contributed by atoms with Gasteiger partial charge in [0.15, 0.2) is 6.29 Å². The van der Waals surface area contributed by atoms with Crippen molar-refractivity contribution >= 4 is 5.91 Å². The first-order chi connectivity index (χ1) is 40.3. The highest BCUT2D eigenvalue weighted by Crippen LogP contribution is 2.23. The third-order valence-corrected chi connectivity index (χ3v) is 14.7. The van der Waals surface area contributed by atoms with Gasteiger partial charge in [0.25, 0.3) is 0 Å². The minimum atomic E-state index is -1.57. The Bertz CT molecular complexity index is 1800. The predicted molar refractivity (Wildman–Crippen MR) is 350 cm³/mol. The second kappa shape index (κ2) is 60.2. The van der Waals surface area contributed by atoms with E-state index < -0.39 is 49.5 Å². The summed E-state index contributed by atoms with van der Waals surface area (Å²) in [5.74, 6) is -0.190. The summed E-state index contributed by atoms with van der Waals surface area (Å²) in [4.78, 5) is 13.1. The van der Waals surface area contributed by atoms with Gasteiger partial charge >= 0.3 is 0 Å².